The van der Waals surface area contributed by atoms with Crippen molar-refractivity contribution in [2.75, 3.05) is 10.6 Å². The fourth-order valence-electron chi connectivity index (χ4n) is 2.90. The van der Waals surface area contributed by atoms with Gasteiger partial charge in [0, 0.05) is 11.1 Å². The molecule has 2 aromatic carbocycles. The lowest BCUT2D eigenvalue weighted by atomic mass is 10.2. The molecule has 4 aromatic rings. The maximum atomic E-state index is 11.7. The van der Waals surface area contributed by atoms with Gasteiger partial charge in [0.05, 0.1) is 11.7 Å². The zero-order valence-electron chi connectivity index (χ0n) is 16.8. The molecule has 0 aliphatic carbocycles. The van der Waals surface area contributed by atoms with Crippen LogP contribution >= 0.6 is 0 Å². The largest absolute Gasteiger partial charge is 0.489 e. The van der Waals surface area contributed by atoms with Crippen LogP contribution in [0, 0.1) is 11.8 Å². The minimum Gasteiger partial charge on any atom is -0.489 e. The first-order chi connectivity index (χ1) is 15.2. The molecular weight excluding hydrogens is 390 g/mol. The molecule has 0 spiro atoms. The first kappa shape index (κ1) is 19.9. The molecule has 0 bridgehead atoms. The van der Waals surface area contributed by atoms with Crippen molar-refractivity contribution in [1.82, 2.24) is 15.0 Å². The number of benzene rings is 2. The van der Waals surface area contributed by atoms with Crippen LogP contribution in [0.15, 0.2) is 73.2 Å². The van der Waals surface area contributed by atoms with Gasteiger partial charge in [0.25, 0.3) is 0 Å². The fraction of sp³-hybridized carbons (Fsp3) is 0.0833. The highest BCUT2D eigenvalue weighted by Crippen LogP contribution is 2.25. The summed E-state index contributed by atoms with van der Waals surface area (Å²) in [6.07, 6.45) is 3.04. The first-order valence-electron chi connectivity index (χ1n) is 9.59. The lowest BCUT2D eigenvalue weighted by molar-refractivity contribution is -0.111. The van der Waals surface area contributed by atoms with Gasteiger partial charge in [-0.2, -0.15) is 0 Å². The second kappa shape index (κ2) is 9.37. The summed E-state index contributed by atoms with van der Waals surface area (Å²) in [5.74, 6) is 6.30. The Kier molecular flexibility index (Phi) is 6.00. The zero-order valence-corrected chi connectivity index (χ0v) is 16.8. The molecule has 2 N–H and O–H groups in total. The van der Waals surface area contributed by atoms with Crippen molar-refractivity contribution in [3.05, 3.63) is 78.8 Å². The van der Waals surface area contributed by atoms with Crippen LogP contribution in [0.3, 0.4) is 0 Å². The van der Waals surface area contributed by atoms with Gasteiger partial charge in [0.2, 0.25) is 0 Å². The van der Waals surface area contributed by atoms with E-state index < -0.39 is 5.91 Å². The Hall–Kier alpha value is -4.44. The molecule has 4 rings (SSSR count). The van der Waals surface area contributed by atoms with Gasteiger partial charge in [-0.15, -0.1) is 0 Å². The van der Waals surface area contributed by atoms with Crippen molar-refractivity contribution in [1.29, 1.82) is 0 Å². The fourth-order valence-corrected chi connectivity index (χ4v) is 2.90. The SMILES string of the molecule is CC#CC(=O)Nc1cc2c(Nc3ccc(OCc4ccccc4)cc3)ncnc2cn1. The van der Waals surface area contributed by atoms with E-state index in [9.17, 15) is 4.79 Å². The van der Waals surface area contributed by atoms with Gasteiger partial charge in [0.15, 0.2) is 0 Å². The summed E-state index contributed by atoms with van der Waals surface area (Å²) >= 11 is 0. The molecule has 0 aliphatic rings. The third-order valence-electron chi connectivity index (χ3n) is 4.37. The number of nitrogens with one attached hydrogen (secondary N) is 2. The minimum absolute atomic E-state index is 0.378. The summed E-state index contributed by atoms with van der Waals surface area (Å²) in [7, 11) is 0. The van der Waals surface area contributed by atoms with Gasteiger partial charge in [-0.3, -0.25) is 10.1 Å². The predicted octanol–water partition coefficient (Wildman–Crippen LogP) is 4.31. The maximum absolute atomic E-state index is 11.7. The summed E-state index contributed by atoms with van der Waals surface area (Å²) in [6.45, 7) is 2.11. The molecule has 7 nitrogen and oxygen atoms in total. The molecule has 0 fully saturated rings. The Morgan fingerprint density at radius 1 is 1.03 bits per heavy atom. The number of rotatable bonds is 6. The number of amides is 1. The van der Waals surface area contributed by atoms with E-state index in [2.05, 4.69) is 37.4 Å². The summed E-state index contributed by atoms with van der Waals surface area (Å²) < 4.78 is 5.83. The van der Waals surface area contributed by atoms with Gasteiger partial charge in [-0.05, 0) is 48.7 Å². The molecule has 0 saturated carbocycles. The van der Waals surface area contributed by atoms with E-state index in [0.717, 1.165) is 22.4 Å². The molecule has 0 aliphatic heterocycles. The number of hydrogen-bond acceptors (Lipinski definition) is 6. The summed E-state index contributed by atoms with van der Waals surface area (Å²) in [4.78, 5) is 24.5. The molecule has 0 saturated heterocycles. The Labute approximate surface area is 179 Å². The molecule has 152 valence electrons. The highest BCUT2D eigenvalue weighted by Gasteiger charge is 2.08. The summed E-state index contributed by atoms with van der Waals surface area (Å²) in [6, 6.07) is 19.3. The Morgan fingerprint density at radius 3 is 2.61 bits per heavy atom. The van der Waals surface area contributed by atoms with Crippen molar-refractivity contribution in [2.45, 2.75) is 13.5 Å². The Morgan fingerprint density at radius 2 is 1.84 bits per heavy atom. The monoisotopic (exact) mass is 409 g/mol. The van der Waals surface area contributed by atoms with Crippen LogP contribution in [-0.4, -0.2) is 20.9 Å². The van der Waals surface area contributed by atoms with Gasteiger partial charge in [-0.1, -0.05) is 36.3 Å². The lowest BCUT2D eigenvalue weighted by Gasteiger charge is -2.11. The van der Waals surface area contributed by atoms with E-state index in [4.69, 9.17) is 4.74 Å². The second-order valence-electron chi connectivity index (χ2n) is 6.56. The smallest absolute Gasteiger partial charge is 0.301 e. The number of ether oxygens (including phenoxy) is 1. The van der Waals surface area contributed by atoms with Gasteiger partial charge >= 0.3 is 5.91 Å². The topological polar surface area (TPSA) is 89.0 Å². The van der Waals surface area contributed by atoms with E-state index in [-0.39, 0.29) is 0 Å². The number of fused-ring (bicyclic) bond motifs is 1. The molecule has 0 atom stereocenters. The normalized spacial score (nSPS) is 10.1. The first-order valence-corrected chi connectivity index (χ1v) is 9.59. The quantitative estimate of drug-likeness (QED) is 0.461. The molecule has 2 aromatic heterocycles. The number of carbonyl (C=O) groups is 1. The van der Waals surface area contributed by atoms with E-state index in [1.165, 1.54) is 6.33 Å². The van der Waals surface area contributed by atoms with Crippen molar-refractivity contribution in [3.8, 4) is 17.6 Å². The van der Waals surface area contributed by atoms with Crippen molar-refractivity contribution < 1.29 is 9.53 Å². The Bertz CT molecular complexity index is 1260. The predicted molar refractivity (Wildman–Crippen MR) is 120 cm³/mol. The Balaban J connectivity index is 1.49. The average Bonchev–Trinajstić information content (AvgIpc) is 2.80. The third kappa shape index (κ3) is 5.14. The maximum Gasteiger partial charge on any atom is 0.301 e. The van der Waals surface area contributed by atoms with Crippen LogP contribution in [0.1, 0.15) is 12.5 Å². The van der Waals surface area contributed by atoms with Crippen LogP contribution in [0.25, 0.3) is 10.9 Å². The van der Waals surface area contributed by atoms with Gasteiger partial charge < -0.3 is 10.1 Å². The molecule has 7 heteroatoms. The minimum atomic E-state index is -0.424. The molecule has 0 radical (unpaired) electrons. The van der Waals surface area contributed by atoms with Crippen molar-refractivity contribution in [2.24, 2.45) is 0 Å². The number of nitrogens with zero attached hydrogens (tertiary/aromatic N) is 3. The van der Waals surface area contributed by atoms with Gasteiger partial charge in [0.1, 0.15) is 30.3 Å². The van der Waals surface area contributed by atoms with Gasteiger partial charge in [-0.25, -0.2) is 15.0 Å². The lowest BCUT2D eigenvalue weighted by Crippen LogP contribution is -2.09. The summed E-state index contributed by atoms with van der Waals surface area (Å²) in [5.41, 5.74) is 2.60. The zero-order chi connectivity index (χ0) is 21.5. The van der Waals surface area contributed by atoms with Crippen LogP contribution in [0.2, 0.25) is 0 Å². The number of hydrogen-bond donors (Lipinski definition) is 2. The molecule has 2 heterocycles. The van der Waals surface area contributed by atoms with Crippen molar-refractivity contribution >= 4 is 34.1 Å². The number of carbonyl (C=O) groups excluding carboxylic acids is 1. The summed E-state index contributed by atoms with van der Waals surface area (Å²) in [5, 5.41) is 6.64. The number of pyridine rings is 1. The molecule has 0 unspecified atom stereocenters. The number of aromatic nitrogens is 3. The van der Waals surface area contributed by atoms with E-state index in [1.54, 1.807) is 19.2 Å². The average molecular weight is 409 g/mol. The van der Waals surface area contributed by atoms with E-state index in [1.807, 2.05) is 54.6 Å². The highest BCUT2D eigenvalue weighted by atomic mass is 16.5. The molecule has 31 heavy (non-hydrogen) atoms. The van der Waals surface area contributed by atoms with Crippen LogP contribution in [0.5, 0.6) is 5.75 Å². The number of anilines is 3. The highest BCUT2D eigenvalue weighted by molar-refractivity contribution is 6.04. The van der Waals surface area contributed by atoms with E-state index >= 15 is 0 Å². The van der Waals surface area contributed by atoms with Crippen LogP contribution < -0.4 is 15.4 Å². The second-order valence-corrected chi connectivity index (χ2v) is 6.56. The van der Waals surface area contributed by atoms with Crippen LogP contribution in [0.4, 0.5) is 17.3 Å². The van der Waals surface area contributed by atoms with Crippen LogP contribution in [-0.2, 0) is 11.4 Å². The standard InChI is InChI=1S/C24H19N5O2/c1-2-6-23(30)29-22-13-20-21(14-25-22)26-16-27-24(20)28-18-9-11-19(12-10-18)31-15-17-7-4-3-5-8-17/h3-5,7-14,16H,15H2,1H3,(H,25,29,30)(H,26,27,28). The molecular formula is C24H19N5O2. The van der Waals surface area contributed by atoms with Crippen molar-refractivity contribution in [3.63, 3.8) is 0 Å². The van der Waals surface area contributed by atoms with E-state index in [0.29, 0.717) is 23.8 Å². The molecule has 1 amide bonds. The third-order valence-corrected chi connectivity index (χ3v) is 4.37.